The number of amides is 2. The number of hydrogen-bond donors (Lipinski definition) is 3. The fourth-order valence-electron chi connectivity index (χ4n) is 5.45. The van der Waals surface area contributed by atoms with E-state index in [2.05, 4.69) is 17.6 Å². The van der Waals surface area contributed by atoms with Gasteiger partial charge in [-0.2, -0.15) is 0 Å². The summed E-state index contributed by atoms with van der Waals surface area (Å²) in [7, 11) is 0. The lowest BCUT2D eigenvalue weighted by Crippen LogP contribution is -2.47. The lowest BCUT2D eigenvalue weighted by molar-refractivity contribution is -0.151. The van der Waals surface area contributed by atoms with E-state index in [0.29, 0.717) is 16.5 Å². The maximum atomic E-state index is 13.3. The van der Waals surface area contributed by atoms with Crippen molar-refractivity contribution in [2.75, 3.05) is 5.32 Å². The van der Waals surface area contributed by atoms with E-state index in [1.165, 1.54) is 16.2 Å². The number of allylic oxidation sites excluding steroid dienone is 2. The smallest absolute Gasteiger partial charge is 0.307 e. The van der Waals surface area contributed by atoms with Crippen LogP contribution >= 0.6 is 11.3 Å². The number of aliphatic carboxylic acids is 1. The van der Waals surface area contributed by atoms with Crippen molar-refractivity contribution in [2.45, 2.75) is 57.9 Å². The van der Waals surface area contributed by atoms with E-state index in [-0.39, 0.29) is 29.7 Å². The topological polar surface area (TPSA) is 95.5 Å². The summed E-state index contributed by atoms with van der Waals surface area (Å²) in [5.74, 6) is -2.09. The fourth-order valence-corrected chi connectivity index (χ4v) is 6.86. The number of carboxylic acids is 1. The van der Waals surface area contributed by atoms with Gasteiger partial charge in [0, 0.05) is 10.9 Å². The third-order valence-electron chi connectivity index (χ3n) is 7.22. The maximum absolute atomic E-state index is 13.3. The normalized spacial score (nSPS) is 31.8. The Morgan fingerprint density at radius 1 is 1.03 bits per heavy atom. The van der Waals surface area contributed by atoms with Gasteiger partial charge in [0.05, 0.1) is 17.4 Å². The maximum Gasteiger partial charge on any atom is 0.307 e. The number of carboxylic acid groups (broad SMARTS) is 1. The third kappa shape index (κ3) is 3.47. The van der Waals surface area contributed by atoms with Crippen molar-refractivity contribution in [3.63, 3.8) is 0 Å². The minimum absolute atomic E-state index is 0.0468. The van der Waals surface area contributed by atoms with Gasteiger partial charge in [-0.1, -0.05) is 19.1 Å². The van der Waals surface area contributed by atoms with Crippen LogP contribution in [0.3, 0.4) is 0 Å². The Kier molecular flexibility index (Phi) is 4.96. The second kappa shape index (κ2) is 7.52. The van der Waals surface area contributed by atoms with Crippen molar-refractivity contribution in [1.29, 1.82) is 0 Å². The molecule has 3 N–H and O–H groups in total. The predicted octanol–water partition coefficient (Wildman–Crippen LogP) is 3.62. The van der Waals surface area contributed by atoms with Gasteiger partial charge in [0.1, 0.15) is 5.00 Å². The molecule has 7 heteroatoms. The van der Waals surface area contributed by atoms with E-state index in [4.69, 9.17) is 0 Å². The lowest BCUT2D eigenvalue weighted by atomic mass is 9.62. The van der Waals surface area contributed by atoms with Crippen LogP contribution in [-0.4, -0.2) is 28.9 Å². The second-order valence-electron chi connectivity index (χ2n) is 9.47. The van der Waals surface area contributed by atoms with Crippen molar-refractivity contribution >= 4 is 34.1 Å². The molecular formula is C23H28N2O4S. The van der Waals surface area contributed by atoms with Crippen LogP contribution < -0.4 is 10.6 Å². The van der Waals surface area contributed by atoms with Crippen LogP contribution in [0.4, 0.5) is 5.00 Å². The average Bonchev–Trinajstić information content (AvgIpc) is 3.46. The van der Waals surface area contributed by atoms with Crippen LogP contribution in [0.25, 0.3) is 0 Å². The summed E-state index contributed by atoms with van der Waals surface area (Å²) < 4.78 is 0. The number of fused-ring (bicyclic) bond motifs is 3. The Morgan fingerprint density at radius 3 is 2.37 bits per heavy atom. The molecule has 1 aromatic heterocycles. The summed E-state index contributed by atoms with van der Waals surface area (Å²) >= 11 is 1.51. The van der Waals surface area contributed by atoms with Crippen molar-refractivity contribution in [3.05, 3.63) is 28.2 Å². The summed E-state index contributed by atoms with van der Waals surface area (Å²) in [4.78, 5) is 39.5. The SMILES string of the molecule is C[C@@H]1CCc2c(sc(NC(=O)[C@@H]3[C@@H](C(=O)O)[C@H]4C=C[C@@H]3CC4)c2C(=O)NC2CC2)C1. The van der Waals surface area contributed by atoms with Crippen LogP contribution in [0.2, 0.25) is 0 Å². The van der Waals surface area contributed by atoms with Crippen LogP contribution in [0, 0.1) is 29.6 Å². The van der Waals surface area contributed by atoms with Gasteiger partial charge in [-0.25, -0.2) is 0 Å². The number of carbonyl (C=O) groups excluding carboxylic acids is 2. The molecule has 0 unspecified atom stereocenters. The van der Waals surface area contributed by atoms with Crippen molar-refractivity contribution in [2.24, 2.45) is 29.6 Å². The Labute approximate surface area is 180 Å². The molecule has 2 amide bonds. The van der Waals surface area contributed by atoms with E-state index < -0.39 is 17.8 Å². The minimum atomic E-state index is -0.903. The first-order valence-electron chi connectivity index (χ1n) is 11.1. The van der Waals surface area contributed by atoms with Gasteiger partial charge in [0.2, 0.25) is 5.91 Å². The molecule has 6 nitrogen and oxygen atoms in total. The molecule has 30 heavy (non-hydrogen) atoms. The molecule has 0 radical (unpaired) electrons. The molecule has 1 aromatic rings. The largest absolute Gasteiger partial charge is 0.481 e. The molecule has 5 aliphatic carbocycles. The van der Waals surface area contributed by atoms with Crippen molar-refractivity contribution in [1.82, 2.24) is 5.32 Å². The number of thiophene rings is 1. The molecule has 0 aromatic carbocycles. The highest BCUT2D eigenvalue weighted by molar-refractivity contribution is 7.17. The number of nitrogens with one attached hydrogen (secondary N) is 2. The quantitative estimate of drug-likeness (QED) is 0.624. The van der Waals surface area contributed by atoms with Gasteiger partial charge in [-0.05, 0) is 68.3 Å². The van der Waals surface area contributed by atoms with E-state index in [1.54, 1.807) is 0 Å². The minimum Gasteiger partial charge on any atom is -0.481 e. The molecule has 160 valence electrons. The first kappa shape index (κ1) is 19.8. The highest BCUT2D eigenvalue weighted by Crippen LogP contribution is 2.46. The number of anilines is 1. The zero-order chi connectivity index (χ0) is 21.0. The van der Waals surface area contributed by atoms with Crippen molar-refractivity contribution in [3.8, 4) is 0 Å². The Morgan fingerprint density at radius 2 is 1.73 bits per heavy atom. The Balaban J connectivity index is 1.45. The number of rotatable bonds is 5. The van der Waals surface area contributed by atoms with Gasteiger partial charge in [-0.15, -0.1) is 11.3 Å². The molecule has 2 fully saturated rings. The average molecular weight is 429 g/mol. The van der Waals surface area contributed by atoms with Gasteiger partial charge < -0.3 is 15.7 Å². The highest BCUT2D eigenvalue weighted by Gasteiger charge is 2.48. The van der Waals surface area contributed by atoms with Crippen LogP contribution in [0.1, 0.15) is 59.8 Å². The summed E-state index contributed by atoms with van der Waals surface area (Å²) in [6, 6.07) is 0.245. The van der Waals surface area contributed by atoms with E-state index in [9.17, 15) is 19.5 Å². The number of carbonyl (C=O) groups is 3. The van der Waals surface area contributed by atoms with E-state index in [0.717, 1.165) is 50.5 Å². The van der Waals surface area contributed by atoms with Crippen LogP contribution in [0.15, 0.2) is 12.2 Å². The summed E-state index contributed by atoms with van der Waals surface area (Å²) in [6.07, 6.45) is 10.5. The second-order valence-corrected chi connectivity index (χ2v) is 10.6. The van der Waals surface area contributed by atoms with Crippen molar-refractivity contribution < 1.29 is 19.5 Å². The first-order chi connectivity index (χ1) is 14.4. The van der Waals surface area contributed by atoms with Crippen LogP contribution in [0.5, 0.6) is 0 Å². The Hall–Kier alpha value is -2.15. The molecule has 0 spiro atoms. The third-order valence-corrected chi connectivity index (χ3v) is 8.39. The highest BCUT2D eigenvalue weighted by atomic mass is 32.1. The number of hydrogen-bond acceptors (Lipinski definition) is 4. The molecule has 2 bridgehead atoms. The van der Waals surface area contributed by atoms with E-state index >= 15 is 0 Å². The van der Waals surface area contributed by atoms with Gasteiger partial charge in [-0.3, -0.25) is 14.4 Å². The van der Waals surface area contributed by atoms with Gasteiger partial charge >= 0.3 is 5.97 Å². The monoisotopic (exact) mass is 428 g/mol. The Bertz CT molecular complexity index is 932. The molecule has 6 rings (SSSR count). The standard InChI is InChI=1S/C23H28N2O4S/c1-11-2-9-15-16(10-11)30-22(19(15)21(27)24-14-7-8-14)25-20(26)17-12-3-5-13(6-4-12)18(17)23(28)29/h3,5,11-14,17-18H,2,4,6-10H2,1H3,(H,24,27)(H,25,26)(H,28,29)/t11-,12-,13+,17+,18+/m1/s1. The van der Waals surface area contributed by atoms with E-state index in [1.807, 2.05) is 12.2 Å². The lowest BCUT2D eigenvalue weighted by Gasteiger charge is -2.41. The van der Waals surface area contributed by atoms with Gasteiger partial charge in [0.15, 0.2) is 0 Å². The summed E-state index contributed by atoms with van der Waals surface area (Å²) in [6.45, 7) is 2.22. The molecule has 2 saturated carbocycles. The fraction of sp³-hybridized carbons (Fsp3) is 0.609. The molecule has 1 heterocycles. The van der Waals surface area contributed by atoms with Gasteiger partial charge in [0.25, 0.3) is 5.91 Å². The summed E-state index contributed by atoms with van der Waals surface area (Å²) in [5, 5.41) is 16.5. The molecule has 5 atom stereocenters. The summed E-state index contributed by atoms with van der Waals surface area (Å²) in [5.41, 5.74) is 1.69. The first-order valence-corrected chi connectivity index (χ1v) is 11.9. The molecule has 0 saturated heterocycles. The zero-order valence-corrected chi connectivity index (χ0v) is 18.0. The van der Waals surface area contributed by atoms with Crippen LogP contribution in [-0.2, 0) is 22.4 Å². The molecule has 0 aliphatic heterocycles. The molecule has 5 aliphatic rings. The molecular weight excluding hydrogens is 400 g/mol. The zero-order valence-electron chi connectivity index (χ0n) is 17.1. The predicted molar refractivity (Wildman–Crippen MR) is 115 cm³/mol.